The molecule has 0 aliphatic heterocycles. The van der Waals surface area contributed by atoms with Crippen LogP contribution in [0.2, 0.25) is 15.1 Å². The zero-order valence-corrected chi connectivity index (χ0v) is 12.7. The summed E-state index contributed by atoms with van der Waals surface area (Å²) < 4.78 is 0.667. The van der Waals surface area contributed by atoms with Gasteiger partial charge in [0.25, 0.3) is 0 Å². The number of rotatable bonds is 2. The summed E-state index contributed by atoms with van der Waals surface area (Å²) >= 11 is 21.2. The summed E-state index contributed by atoms with van der Waals surface area (Å²) in [5, 5.41) is 1.16. The number of carbonyl (C=O) groups excluding carboxylic acids is 1. The Hall–Kier alpha value is -0.540. The molecular weight excluding hydrogens is 358 g/mol. The van der Waals surface area contributed by atoms with Gasteiger partial charge < -0.3 is 0 Å². The lowest BCUT2D eigenvalue weighted by Crippen LogP contribution is -2.03. The van der Waals surface area contributed by atoms with Gasteiger partial charge in [0.15, 0.2) is 5.78 Å². The fourth-order valence-corrected chi connectivity index (χ4v) is 2.57. The van der Waals surface area contributed by atoms with Gasteiger partial charge in [-0.2, -0.15) is 0 Å². The van der Waals surface area contributed by atoms with E-state index in [4.69, 9.17) is 34.8 Å². The van der Waals surface area contributed by atoms with E-state index < -0.39 is 0 Å². The number of halogens is 4. The van der Waals surface area contributed by atoms with Gasteiger partial charge in [-0.25, -0.2) is 0 Å². The Balaban J connectivity index is 2.51. The Morgan fingerprint density at radius 3 is 2.39 bits per heavy atom. The van der Waals surface area contributed by atoms with Crippen molar-refractivity contribution in [1.29, 1.82) is 0 Å². The maximum Gasteiger partial charge on any atom is 0.196 e. The minimum Gasteiger partial charge on any atom is -0.288 e. The van der Waals surface area contributed by atoms with Crippen molar-refractivity contribution in [3.63, 3.8) is 0 Å². The average Bonchev–Trinajstić information content (AvgIpc) is 2.32. The first-order chi connectivity index (χ1) is 8.50. The lowest BCUT2D eigenvalue weighted by molar-refractivity contribution is 0.103. The summed E-state index contributed by atoms with van der Waals surface area (Å²) in [4.78, 5) is 12.3. The Kier molecular flexibility index (Phi) is 4.33. The molecule has 18 heavy (non-hydrogen) atoms. The molecule has 0 atom stereocenters. The fourth-order valence-electron chi connectivity index (χ4n) is 1.50. The third-order valence-electron chi connectivity index (χ3n) is 2.37. The van der Waals surface area contributed by atoms with Gasteiger partial charge in [0.1, 0.15) is 0 Å². The maximum atomic E-state index is 12.3. The van der Waals surface area contributed by atoms with Crippen LogP contribution in [0.15, 0.2) is 40.9 Å². The summed E-state index contributed by atoms with van der Waals surface area (Å²) in [5.41, 5.74) is 0.774. The minimum atomic E-state index is -0.233. The molecule has 0 saturated heterocycles. The molecule has 0 aliphatic carbocycles. The van der Waals surface area contributed by atoms with Crippen LogP contribution in [0.5, 0.6) is 0 Å². The molecule has 0 N–H and O–H groups in total. The van der Waals surface area contributed by atoms with Crippen molar-refractivity contribution in [2.75, 3.05) is 0 Å². The molecule has 92 valence electrons. The smallest absolute Gasteiger partial charge is 0.196 e. The highest BCUT2D eigenvalue weighted by Gasteiger charge is 2.17. The Bertz CT molecular complexity index is 626. The molecule has 2 rings (SSSR count). The summed E-state index contributed by atoms with van der Waals surface area (Å²) in [5.74, 6) is -0.233. The van der Waals surface area contributed by atoms with Crippen LogP contribution >= 0.6 is 50.7 Å². The highest BCUT2D eigenvalue weighted by Crippen LogP contribution is 2.30. The molecule has 0 radical (unpaired) electrons. The molecule has 0 unspecified atom stereocenters. The molecule has 0 fully saturated rings. The van der Waals surface area contributed by atoms with E-state index in [9.17, 15) is 4.79 Å². The van der Waals surface area contributed by atoms with E-state index in [1.165, 1.54) is 6.07 Å². The largest absolute Gasteiger partial charge is 0.288 e. The van der Waals surface area contributed by atoms with Gasteiger partial charge in [-0.05, 0) is 46.3 Å². The highest BCUT2D eigenvalue weighted by atomic mass is 79.9. The normalized spacial score (nSPS) is 10.4. The number of benzene rings is 2. The summed E-state index contributed by atoms with van der Waals surface area (Å²) in [6, 6.07) is 9.90. The summed E-state index contributed by atoms with van der Waals surface area (Å²) in [6.45, 7) is 0. The predicted octanol–water partition coefficient (Wildman–Crippen LogP) is 5.64. The van der Waals surface area contributed by atoms with Crippen molar-refractivity contribution in [3.05, 3.63) is 67.1 Å². The van der Waals surface area contributed by atoms with Crippen LogP contribution in [0.1, 0.15) is 15.9 Å². The molecule has 5 heteroatoms. The van der Waals surface area contributed by atoms with Crippen LogP contribution in [-0.2, 0) is 0 Å². The van der Waals surface area contributed by atoms with Crippen LogP contribution in [0.3, 0.4) is 0 Å². The zero-order chi connectivity index (χ0) is 13.3. The Labute approximate surface area is 128 Å². The third-order valence-corrected chi connectivity index (χ3v) is 4.22. The van der Waals surface area contributed by atoms with Crippen LogP contribution in [-0.4, -0.2) is 5.78 Å². The van der Waals surface area contributed by atoms with Gasteiger partial charge in [0.05, 0.1) is 10.0 Å². The van der Waals surface area contributed by atoms with E-state index >= 15 is 0 Å². The molecule has 0 aromatic heterocycles. The zero-order valence-electron chi connectivity index (χ0n) is 8.88. The number of hydrogen-bond acceptors (Lipinski definition) is 1. The van der Waals surface area contributed by atoms with Crippen LogP contribution < -0.4 is 0 Å². The van der Waals surface area contributed by atoms with Gasteiger partial charge >= 0.3 is 0 Å². The molecule has 0 amide bonds. The highest BCUT2D eigenvalue weighted by molar-refractivity contribution is 9.10. The van der Waals surface area contributed by atoms with Gasteiger partial charge in [-0.1, -0.05) is 40.9 Å². The van der Waals surface area contributed by atoms with E-state index in [1.54, 1.807) is 30.3 Å². The standard InChI is InChI=1S/C13H6BrCl3O/c14-10-3-1-2-9(12(10)17)13(18)8-5-4-7(15)6-11(8)16/h1-6H. The predicted molar refractivity (Wildman–Crippen MR) is 79.0 cm³/mol. The first-order valence-corrected chi connectivity index (χ1v) is 6.87. The topological polar surface area (TPSA) is 17.1 Å². The first-order valence-electron chi connectivity index (χ1n) is 4.94. The lowest BCUT2D eigenvalue weighted by Gasteiger charge is -2.07. The molecule has 0 spiro atoms. The van der Waals surface area contributed by atoms with Crippen molar-refractivity contribution < 1.29 is 4.79 Å². The van der Waals surface area contributed by atoms with E-state index in [2.05, 4.69) is 15.9 Å². The van der Waals surface area contributed by atoms with Crippen molar-refractivity contribution in [2.24, 2.45) is 0 Å². The van der Waals surface area contributed by atoms with Crippen molar-refractivity contribution >= 4 is 56.5 Å². The van der Waals surface area contributed by atoms with Gasteiger partial charge in [0.2, 0.25) is 0 Å². The van der Waals surface area contributed by atoms with E-state index in [0.717, 1.165) is 0 Å². The quantitative estimate of drug-likeness (QED) is 0.630. The monoisotopic (exact) mass is 362 g/mol. The van der Waals surface area contributed by atoms with Crippen molar-refractivity contribution in [1.82, 2.24) is 0 Å². The molecule has 2 aromatic rings. The van der Waals surface area contributed by atoms with Crippen LogP contribution in [0.4, 0.5) is 0 Å². The molecule has 2 aromatic carbocycles. The van der Waals surface area contributed by atoms with Gasteiger partial charge in [-0.15, -0.1) is 0 Å². The number of carbonyl (C=O) groups is 1. The van der Waals surface area contributed by atoms with Crippen molar-refractivity contribution in [3.8, 4) is 0 Å². The van der Waals surface area contributed by atoms with Crippen molar-refractivity contribution in [2.45, 2.75) is 0 Å². The minimum absolute atomic E-state index is 0.233. The molecule has 0 aliphatic rings. The number of hydrogen-bond donors (Lipinski definition) is 0. The fraction of sp³-hybridized carbons (Fsp3) is 0. The molecule has 0 heterocycles. The van der Waals surface area contributed by atoms with E-state index in [1.807, 2.05) is 0 Å². The summed E-state index contributed by atoms with van der Waals surface area (Å²) in [7, 11) is 0. The second kappa shape index (κ2) is 5.62. The molecular formula is C13H6BrCl3O. The van der Waals surface area contributed by atoms with Crippen LogP contribution in [0.25, 0.3) is 0 Å². The van der Waals surface area contributed by atoms with Gasteiger partial charge in [-0.3, -0.25) is 4.79 Å². The summed E-state index contributed by atoms with van der Waals surface area (Å²) in [6.07, 6.45) is 0. The first kappa shape index (κ1) is 13.9. The SMILES string of the molecule is O=C(c1ccc(Cl)cc1Cl)c1cccc(Br)c1Cl. The van der Waals surface area contributed by atoms with E-state index in [-0.39, 0.29) is 5.78 Å². The maximum absolute atomic E-state index is 12.3. The van der Waals surface area contributed by atoms with E-state index in [0.29, 0.717) is 30.7 Å². The molecule has 1 nitrogen and oxygen atoms in total. The molecule has 0 bridgehead atoms. The molecule has 0 saturated carbocycles. The Morgan fingerprint density at radius 2 is 1.72 bits per heavy atom. The second-order valence-corrected chi connectivity index (χ2v) is 5.63. The Morgan fingerprint density at radius 1 is 1.00 bits per heavy atom. The lowest BCUT2D eigenvalue weighted by atomic mass is 10.0. The second-order valence-electron chi connectivity index (χ2n) is 3.55. The van der Waals surface area contributed by atoms with Crippen LogP contribution in [0, 0.1) is 0 Å². The van der Waals surface area contributed by atoms with Gasteiger partial charge in [0, 0.05) is 20.6 Å². The number of ketones is 1. The average molecular weight is 364 g/mol. The third kappa shape index (κ3) is 2.72.